The molecule has 0 saturated heterocycles. The number of rotatable bonds is 8. The van der Waals surface area contributed by atoms with Crippen molar-refractivity contribution in [3.8, 4) is 0 Å². The lowest BCUT2D eigenvalue weighted by atomic mass is 9.88. The fraction of sp³-hybridized carbons (Fsp3) is 0.714. The first-order valence-electron chi connectivity index (χ1n) is 6.58. The van der Waals surface area contributed by atoms with Crippen LogP contribution in [0.5, 0.6) is 0 Å². The van der Waals surface area contributed by atoms with Crippen molar-refractivity contribution in [1.29, 1.82) is 0 Å². The third kappa shape index (κ3) is 6.91. The molecule has 1 atom stereocenters. The Morgan fingerprint density at radius 2 is 2.00 bits per heavy atom. The highest BCUT2D eigenvalue weighted by molar-refractivity contribution is 8.14. The van der Waals surface area contributed by atoms with Gasteiger partial charge in [0.1, 0.15) is 5.78 Å². The molecule has 108 valence electrons. The second-order valence-corrected chi connectivity index (χ2v) is 7.83. The number of hydrogen-bond acceptors (Lipinski definition) is 5. The van der Waals surface area contributed by atoms with Crippen LogP contribution in [0.15, 0.2) is 11.6 Å². The Balaban J connectivity index is 2.18. The minimum Gasteiger partial charge on any atom is -0.300 e. The zero-order valence-electron chi connectivity index (χ0n) is 11.6. The highest BCUT2D eigenvalue weighted by Gasteiger charge is 2.21. The molecule has 0 aromatic carbocycles. The fourth-order valence-electron chi connectivity index (χ4n) is 1.92. The van der Waals surface area contributed by atoms with E-state index in [2.05, 4.69) is 6.26 Å². The third-order valence-corrected chi connectivity index (χ3v) is 6.19. The molecule has 1 aliphatic carbocycles. The Labute approximate surface area is 128 Å². The maximum atomic E-state index is 12.0. The molecule has 0 fully saturated rings. The largest absolute Gasteiger partial charge is 0.300 e. The number of carbonyl (C=O) groups excluding carboxylic acids is 2. The van der Waals surface area contributed by atoms with Gasteiger partial charge in [0.15, 0.2) is 0 Å². The first-order valence-corrected chi connectivity index (χ1v) is 10.1. The van der Waals surface area contributed by atoms with Crippen LogP contribution in [-0.4, -0.2) is 40.2 Å². The van der Waals surface area contributed by atoms with Crippen LogP contribution >= 0.6 is 35.3 Å². The summed E-state index contributed by atoms with van der Waals surface area (Å²) in [6, 6.07) is 0. The molecule has 1 unspecified atom stereocenters. The zero-order chi connectivity index (χ0) is 14.1. The number of allylic oxidation sites excluding steroid dienone is 1. The molecule has 0 heterocycles. The molecule has 0 aliphatic heterocycles. The quantitative estimate of drug-likeness (QED) is 0.638. The van der Waals surface area contributed by atoms with Crippen molar-refractivity contribution < 1.29 is 9.59 Å². The van der Waals surface area contributed by atoms with Gasteiger partial charge >= 0.3 is 0 Å². The summed E-state index contributed by atoms with van der Waals surface area (Å²) in [5.41, 5.74) is 0.927. The number of hydrogen-bond donors (Lipinski definition) is 0. The van der Waals surface area contributed by atoms with Crippen molar-refractivity contribution in [3.63, 3.8) is 0 Å². The van der Waals surface area contributed by atoms with Crippen molar-refractivity contribution in [1.82, 2.24) is 0 Å². The van der Waals surface area contributed by atoms with E-state index in [0.29, 0.717) is 0 Å². The monoisotopic (exact) mass is 318 g/mol. The van der Waals surface area contributed by atoms with Crippen molar-refractivity contribution in [2.75, 3.05) is 29.3 Å². The normalized spacial score (nSPS) is 19.1. The van der Waals surface area contributed by atoms with E-state index in [1.165, 1.54) is 23.3 Å². The Morgan fingerprint density at radius 1 is 1.26 bits per heavy atom. The van der Waals surface area contributed by atoms with Crippen molar-refractivity contribution in [3.05, 3.63) is 11.6 Å². The van der Waals surface area contributed by atoms with Crippen molar-refractivity contribution >= 4 is 46.2 Å². The molecule has 19 heavy (non-hydrogen) atoms. The maximum Gasteiger partial charge on any atom is 0.215 e. The van der Waals surface area contributed by atoms with Crippen LogP contribution in [0.3, 0.4) is 0 Å². The van der Waals surface area contributed by atoms with Crippen LogP contribution in [0.4, 0.5) is 0 Å². The number of ketones is 1. The molecular formula is C14H22O2S3. The SMILES string of the molecule is CSCCSCCSC(=O)C1=CCC(C(C)=O)CC1. The lowest BCUT2D eigenvalue weighted by Crippen LogP contribution is -2.16. The van der Waals surface area contributed by atoms with Gasteiger partial charge in [-0.15, -0.1) is 0 Å². The van der Waals surface area contributed by atoms with Gasteiger partial charge in [0.25, 0.3) is 0 Å². The van der Waals surface area contributed by atoms with E-state index in [9.17, 15) is 9.59 Å². The first-order chi connectivity index (χ1) is 9.15. The standard InChI is InChI=1S/C14H22O2S3/c1-11(15)12-3-5-13(6-4-12)14(16)19-10-9-18-8-7-17-2/h5,12H,3-4,6-10H2,1-2H3. The molecule has 1 rings (SSSR count). The molecular weight excluding hydrogens is 296 g/mol. The summed E-state index contributed by atoms with van der Waals surface area (Å²) in [6.45, 7) is 1.64. The predicted molar refractivity (Wildman–Crippen MR) is 89.3 cm³/mol. The summed E-state index contributed by atoms with van der Waals surface area (Å²) in [7, 11) is 0. The van der Waals surface area contributed by atoms with E-state index < -0.39 is 0 Å². The summed E-state index contributed by atoms with van der Waals surface area (Å²) in [4.78, 5) is 23.2. The molecule has 0 aromatic heterocycles. The van der Waals surface area contributed by atoms with Crippen molar-refractivity contribution in [2.45, 2.75) is 26.2 Å². The highest BCUT2D eigenvalue weighted by atomic mass is 32.2. The first kappa shape index (κ1) is 17.2. The molecule has 0 amide bonds. The van der Waals surface area contributed by atoms with Gasteiger partial charge in [-0.1, -0.05) is 17.8 Å². The van der Waals surface area contributed by atoms with Crippen LogP contribution in [0.1, 0.15) is 26.2 Å². The van der Waals surface area contributed by atoms with E-state index in [1.807, 2.05) is 29.6 Å². The molecule has 0 radical (unpaired) electrons. The van der Waals surface area contributed by atoms with E-state index in [1.54, 1.807) is 6.92 Å². The van der Waals surface area contributed by atoms with Crippen LogP contribution < -0.4 is 0 Å². The summed E-state index contributed by atoms with van der Waals surface area (Å²) in [5, 5.41) is 0.215. The lowest BCUT2D eigenvalue weighted by molar-refractivity contribution is -0.121. The Kier molecular flexibility index (Phi) is 8.99. The molecule has 0 aromatic rings. The van der Waals surface area contributed by atoms with Gasteiger partial charge < -0.3 is 0 Å². The molecule has 0 bridgehead atoms. The molecule has 0 saturated carbocycles. The molecule has 0 N–H and O–H groups in total. The van der Waals surface area contributed by atoms with Gasteiger partial charge in [0.05, 0.1) is 0 Å². The van der Waals surface area contributed by atoms with Gasteiger partial charge in [0, 0.05) is 34.5 Å². The van der Waals surface area contributed by atoms with Gasteiger partial charge in [0.2, 0.25) is 5.12 Å². The summed E-state index contributed by atoms with van der Waals surface area (Å²) in [6.07, 6.45) is 6.46. The van der Waals surface area contributed by atoms with Crippen LogP contribution in [0.2, 0.25) is 0 Å². The maximum absolute atomic E-state index is 12.0. The van der Waals surface area contributed by atoms with Crippen LogP contribution in [0.25, 0.3) is 0 Å². The Bertz CT molecular complexity index is 340. The van der Waals surface area contributed by atoms with Crippen LogP contribution in [0, 0.1) is 5.92 Å². The lowest BCUT2D eigenvalue weighted by Gasteiger charge is -2.18. The smallest absolute Gasteiger partial charge is 0.215 e. The number of thioether (sulfide) groups is 3. The third-order valence-electron chi connectivity index (χ3n) is 3.14. The summed E-state index contributed by atoms with van der Waals surface area (Å²) >= 11 is 5.20. The number of Topliss-reactive ketones (excluding diaryl/α,β-unsaturated/α-hetero) is 1. The average molecular weight is 319 g/mol. The second-order valence-electron chi connectivity index (χ2n) is 4.55. The average Bonchev–Trinajstić information content (AvgIpc) is 2.42. The summed E-state index contributed by atoms with van der Waals surface area (Å²) < 4.78 is 0. The fourth-order valence-corrected chi connectivity index (χ4v) is 4.62. The van der Waals surface area contributed by atoms with Crippen LogP contribution in [-0.2, 0) is 9.59 Å². The van der Waals surface area contributed by atoms with Gasteiger partial charge in [-0.05, 0) is 32.4 Å². The highest BCUT2D eigenvalue weighted by Crippen LogP contribution is 2.27. The van der Waals surface area contributed by atoms with Gasteiger partial charge in [-0.2, -0.15) is 23.5 Å². The zero-order valence-corrected chi connectivity index (χ0v) is 14.1. The Morgan fingerprint density at radius 3 is 2.58 bits per heavy atom. The van der Waals surface area contributed by atoms with Gasteiger partial charge in [-0.25, -0.2) is 0 Å². The second kappa shape index (κ2) is 9.94. The Hall–Kier alpha value is 0.130. The molecule has 5 heteroatoms. The molecule has 2 nitrogen and oxygen atoms in total. The van der Waals surface area contributed by atoms with E-state index >= 15 is 0 Å². The molecule has 0 spiro atoms. The predicted octanol–water partition coefficient (Wildman–Crippen LogP) is 3.66. The topological polar surface area (TPSA) is 34.1 Å². The number of carbonyl (C=O) groups is 2. The minimum absolute atomic E-state index is 0.142. The van der Waals surface area contributed by atoms with Gasteiger partial charge in [-0.3, -0.25) is 9.59 Å². The molecule has 1 aliphatic rings. The minimum atomic E-state index is 0.142. The van der Waals surface area contributed by atoms with E-state index in [4.69, 9.17) is 0 Å². The van der Waals surface area contributed by atoms with E-state index in [0.717, 1.165) is 36.3 Å². The van der Waals surface area contributed by atoms with E-state index in [-0.39, 0.29) is 16.8 Å². The summed E-state index contributed by atoms with van der Waals surface area (Å²) in [5.74, 6) is 4.68. The van der Waals surface area contributed by atoms with Crippen molar-refractivity contribution in [2.24, 2.45) is 5.92 Å².